The quantitative estimate of drug-likeness (QED) is 0.394. The van der Waals surface area contributed by atoms with E-state index < -0.39 is 23.0 Å². The van der Waals surface area contributed by atoms with E-state index >= 15 is 0 Å². The van der Waals surface area contributed by atoms with Crippen LogP contribution in [0.3, 0.4) is 0 Å². The van der Waals surface area contributed by atoms with Gasteiger partial charge in [-0.05, 0) is 12.0 Å². The Morgan fingerprint density at radius 2 is 2.11 bits per heavy atom. The van der Waals surface area contributed by atoms with Gasteiger partial charge in [-0.3, -0.25) is 19.7 Å². The van der Waals surface area contributed by atoms with Crippen LogP contribution in [0.5, 0.6) is 0 Å². The van der Waals surface area contributed by atoms with Crippen molar-refractivity contribution in [1.29, 1.82) is 0 Å². The monoisotopic (exact) mass is 398 g/mol. The standard InChI is InChI=1S/C17H23ClN4O5/c1-9(2)15(17(25)20-7-10-6-19-8-14(10)23)21-16(24)12-4-3-11(22(26)27)5-13(12)18/h3-5,9-10,14-15,19,23H,6-8H2,1-2H3,(H,20,25)(H,21,24). The maximum atomic E-state index is 12.5. The SMILES string of the molecule is CC(C)C(NC(=O)c1ccc([N+](=O)[O-])cc1Cl)C(=O)NCC1CNCC1O. The molecule has 2 rings (SSSR count). The van der Waals surface area contributed by atoms with Crippen LogP contribution in [0.2, 0.25) is 5.02 Å². The van der Waals surface area contributed by atoms with Gasteiger partial charge < -0.3 is 21.1 Å². The lowest BCUT2D eigenvalue weighted by Crippen LogP contribution is -2.51. The molecule has 9 nitrogen and oxygen atoms in total. The Hall–Kier alpha value is -2.23. The van der Waals surface area contributed by atoms with E-state index in [0.29, 0.717) is 19.6 Å². The van der Waals surface area contributed by atoms with Crippen molar-refractivity contribution >= 4 is 29.1 Å². The number of aliphatic hydroxyl groups excluding tert-OH is 1. The summed E-state index contributed by atoms with van der Waals surface area (Å²) in [6.45, 7) is 4.97. The number of halogens is 1. The van der Waals surface area contributed by atoms with Crippen molar-refractivity contribution in [3.8, 4) is 0 Å². The van der Waals surface area contributed by atoms with Gasteiger partial charge in [0.15, 0.2) is 0 Å². The van der Waals surface area contributed by atoms with E-state index in [4.69, 9.17) is 11.6 Å². The van der Waals surface area contributed by atoms with Crippen molar-refractivity contribution in [2.75, 3.05) is 19.6 Å². The molecule has 3 unspecified atom stereocenters. The summed E-state index contributed by atoms with van der Waals surface area (Å²) in [4.78, 5) is 35.1. The van der Waals surface area contributed by atoms with Crippen LogP contribution in [0.4, 0.5) is 5.69 Å². The molecular formula is C17H23ClN4O5. The molecule has 0 bridgehead atoms. The van der Waals surface area contributed by atoms with E-state index in [9.17, 15) is 24.8 Å². The first kappa shape index (κ1) is 21.1. The second-order valence-corrected chi connectivity index (χ2v) is 7.25. The molecule has 1 aromatic carbocycles. The zero-order chi connectivity index (χ0) is 20.1. The van der Waals surface area contributed by atoms with Gasteiger partial charge in [0, 0.05) is 37.7 Å². The van der Waals surface area contributed by atoms with Crippen LogP contribution in [0, 0.1) is 22.0 Å². The fourth-order valence-corrected chi connectivity index (χ4v) is 3.09. The summed E-state index contributed by atoms with van der Waals surface area (Å²) < 4.78 is 0. The van der Waals surface area contributed by atoms with Crippen molar-refractivity contribution in [3.05, 3.63) is 38.9 Å². The van der Waals surface area contributed by atoms with Crippen LogP contribution >= 0.6 is 11.6 Å². The highest BCUT2D eigenvalue weighted by Gasteiger charge is 2.29. The number of nitrogens with one attached hydrogen (secondary N) is 3. The van der Waals surface area contributed by atoms with Crippen molar-refractivity contribution in [2.24, 2.45) is 11.8 Å². The average Bonchev–Trinajstić information content (AvgIpc) is 3.01. The maximum absolute atomic E-state index is 12.5. The number of hydrogen-bond donors (Lipinski definition) is 4. The molecule has 1 aliphatic heterocycles. The van der Waals surface area contributed by atoms with Crippen molar-refractivity contribution in [2.45, 2.75) is 26.0 Å². The second-order valence-electron chi connectivity index (χ2n) is 6.85. The number of aliphatic hydroxyl groups is 1. The van der Waals surface area contributed by atoms with Crippen LogP contribution in [0.15, 0.2) is 18.2 Å². The highest BCUT2D eigenvalue weighted by atomic mass is 35.5. The summed E-state index contributed by atoms with van der Waals surface area (Å²) in [6, 6.07) is 2.72. The van der Waals surface area contributed by atoms with Gasteiger partial charge in [0.25, 0.3) is 11.6 Å². The normalized spacial score (nSPS) is 20.3. The molecule has 2 amide bonds. The third-order valence-corrected chi connectivity index (χ3v) is 4.80. The van der Waals surface area contributed by atoms with E-state index in [1.807, 2.05) is 0 Å². The van der Waals surface area contributed by atoms with E-state index in [2.05, 4.69) is 16.0 Å². The van der Waals surface area contributed by atoms with Gasteiger partial charge in [0.2, 0.25) is 5.91 Å². The third-order valence-electron chi connectivity index (χ3n) is 4.49. The molecule has 0 saturated carbocycles. The highest BCUT2D eigenvalue weighted by Crippen LogP contribution is 2.22. The highest BCUT2D eigenvalue weighted by molar-refractivity contribution is 6.34. The molecule has 1 aromatic rings. The molecule has 3 atom stereocenters. The van der Waals surface area contributed by atoms with Gasteiger partial charge in [-0.1, -0.05) is 25.4 Å². The number of carbonyl (C=O) groups excluding carboxylic acids is 2. The lowest BCUT2D eigenvalue weighted by atomic mass is 10.0. The minimum absolute atomic E-state index is 0.0520. The lowest BCUT2D eigenvalue weighted by Gasteiger charge is -2.23. The summed E-state index contributed by atoms with van der Waals surface area (Å²) in [5, 5.41) is 28.9. The van der Waals surface area contributed by atoms with E-state index in [0.717, 1.165) is 6.07 Å². The van der Waals surface area contributed by atoms with Gasteiger partial charge >= 0.3 is 0 Å². The fourth-order valence-electron chi connectivity index (χ4n) is 2.82. The number of hydrogen-bond acceptors (Lipinski definition) is 6. The summed E-state index contributed by atoms with van der Waals surface area (Å²) in [6.07, 6.45) is -0.517. The van der Waals surface area contributed by atoms with Crippen LogP contribution in [-0.4, -0.2) is 53.6 Å². The number of rotatable bonds is 7. The second kappa shape index (κ2) is 9.12. The summed E-state index contributed by atoms with van der Waals surface area (Å²) >= 11 is 5.97. The van der Waals surface area contributed by atoms with Gasteiger partial charge in [-0.25, -0.2) is 0 Å². The Bertz CT molecular complexity index is 727. The maximum Gasteiger partial charge on any atom is 0.270 e. The Morgan fingerprint density at radius 1 is 1.41 bits per heavy atom. The van der Waals surface area contributed by atoms with E-state index in [-0.39, 0.29) is 34.0 Å². The van der Waals surface area contributed by atoms with Crippen LogP contribution in [0.25, 0.3) is 0 Å². The molecule has 1 heterocycles. The number of nitro groups is 1. The first-order chi connectivity index (χ1) is 12.7. The molecule has 4 N–H and O–H groups in total. The minimum Gasteiger partial charge on any atom is -0.391 e. The molecular weight excluding hydrogens is 376 g/mol. The topological polar surface area (TPSA) is 134 Å². The first-order valence-corrected chi connectivity index (χ1v) is 8.99. The molecule has 0 aromatic heterocycles. The third kappa shape index (κ3) is 5.38. The number of carbonyl (C=O) groups is 2. The molecule has 10 heteroatoms. The molecule has 0 radical (unpaired) electrons. The predicted octanol–water partition coefficient (Wildman–Crippen LogP) is 0.699. The Balaban J connectivity index is 2.03. The van der Waals surface area contributed by atoms with Gasteiger partial charge in [-0.15, -0.1) is 0 Å². The number of amides is 2. The molecule has 148 valence electrons. The number of nitrogens with zero attached hydrogens (tertiary/aromatic N) is 1. The molecule has 0 aliphatic carbocycles. The van der Waals surface area contributed by atoms with Crippen LogP contribution in [-0.2, 0) is 4.79 Å². The average molecular weight is 399 g/mol. The zero-order valence-corrected chi connectivity index (χ0v) is 15.8. The largest absolute Gasteiger partial charge is 0.391 e. The van der Waals surface area contributed by atoms with Crippen molar-refractivity contribution in [3.63, 3.8) is 0 Å². The van der Waals surface area contributed by atoms with Crippen LogP contribution < -0.4 is 16.0 Å². The molecule has 1 saturated heterocycles. The van der Waals surface area contributed by atoms with Crippen molar-refractivity contribution in [1.82, 2.24) is 16.0 Å². The number of non-ortho nitro benzene ring substituents is 1. The van der Waals surface area contributed by atoms with E-state index in [1.54, 1.807) is 13.8 Å². The Morgan fingerprint density at radius 3 is 2.63 bits per heavy atom. The zero-order valence-electron chi connectivity index (χ0n) is 15.1. The van der Waals surface area contributed by atoms with Crippen molar-refractivity contribution < 1.29 is 19.6 Å². The fraction of sp³-hybridized carbons (Fsp3) is 0.529. The first-order valence-electron chi connectivity index (χ1n) is 8.62. The lowest BCUT2D eigenvalue weighted by molar-refractivity contribution is -0.384. The van der Waals surface area contributed by atoms with Gasteiger partial charge in [-0.2, -0.15) is 0 Å². The molecule has 27 heavy (non-hydrogen) atoms. The summed E-state index contributed by atoms with van der Waals surface area (Å²) in [5.41, 5.74) is -0.172. The van der Waals surface area contributed by atoms with Gasteiger partial charge in [0.1, 0.15) is 6.04 Å². The number of β-amino-alcohol motifs (C(OH)–C–C–N with tert-alkyl or cyclic N) is 1. The smallest absolute Gasteiger partial charge is 0.270 e. The van der Waals surface area contributed by atoms with Crippen LogP contribution in [0.1, 0.15) is 24.2 Å². The summed E-state index contributed by atoms with van der Waals surface area (Å²) in [7, 11) is 0. The Kier molecular flexibility index (Phi) is 7.11. The minimum atomic E-state index is -0.810. The number of nitro benzene ring substituents is 1. The summed E-state index contributed by atoms with van der Waals surface area (Å²) in [5.74, 6) is -1.24. The molecule has 1 fully saturated rings. The number of benzene rings is 1. The molecule has 1 aliphatic rings. The molecule has 0 spiro atoms. The Labute approximate surface area is 161 Å². The van der Waals surface area contributed by atoms with Gasteiger partial charge in [0.05, 0.1) is 21.6 Å². The van der Waals surface area contributed by atoms with E-state index in [1.165, 1.54) is 12.1 Å². The predicted molar refractivity (Wildman–Crippen MR) is 99.6 cm³/mol.